The number of esters is 1. The predicted molar refractivity (Wildman–Crippen MR) is 78.1 cm³/mol. The molecule has 0 heterocycles. The maximum atomic E-state index is 11.6. The van der Waals surface area contributed by atoms with Crippen molar-refractivity contribution < 1.29 is 17.9 Å². The molecular formula is C12H19N3O4S. The summed E-state index contributed by atoms with van der Waals surface area (Å²) >= 11 is 0. The van der Waals surface area contributed by atoms with Crippen molar-refractivity contribution in [3.8, 4) is 0 Å². The fraction of sp³-hybridized carbons (Fsp3) is 0.417. The van der Waals surface area contributed by atoms with Gasteiger partial charge in [0, 0.05) is 13.1 Å². The Balaban J connectivity index is 2.61. The summed E-state index contributed by atoms with van der Waals surface area (Å²) in [4.78, 5) is 11.6. The molecular weight excluding hydrogens is 282 g/mol. The van der Waals surface area contributed by atoms with Crippen molar-refractivity contribution in [3.05, 3.63) is 23.8 Å². The Morgan fingerprint density at radius 3 is 2.65 bits per heavy atom. The summed E-state index contributed by atoms with van der Waals surface area (Å²) in [5.41, 5.74) is 7.10. The summed E-state index contributed by atoms with van der Waals surface area (Å²) in [7, 11) is -1.88. The van der Waals surface area contributed by atoms with Crippen LogP contribution in [0.3, 0.4) is 0 Å². The predicted octanol–water partition coefficient (Wildman–Crippen LogP) is 0.407. The van der Waals surface area contributed by atoms with E-state index in [0.29, 0.717) is 36.4 Å². The van der Waals surface area contributed by atoms with Crippen molar-refractivity contribution in [2.24, 2.45) is 0 Å². The number of para-hydroxylation sites is 1. The molecule has 0 saturated heterocycles. The number of nitrogens with two attached hydrogens (primary N) is 1. The van der Waals surface area contributed by atoms with Crippen molar-refractivity contribution in [3.63, 3.8) is 0 Å². The van der Waals surface area contributed by atoms with Crippen molar-refractivity contribution >= 4 is 27.4 Å². The van der Waals surface area contributed by atoms with Crippen LogP contribution in [-0.2, 0) is 14.8 Å². The molecule has 112 valence electrons. The molecule has 0 radical (unpaired) electrons. The third kappa shape index (κ3) is 5.06. The van der Waals surface area contributed by atoms with Crippen LogP contribution in [0.4, 0.5) is 11.4 Å². The van der Waals surface area contributed by atoms with Gasteiger partial charge < -0.3 is 15.8 Å². The summed E-state index contributed by atoms with van der Waals surface area (Å²) in [6, 6.07) is 4.95. The second kappa shape index (κ2) is 7.11. The van der Waals surface area contributed by atoms with Crippen LogP contribution in [0.1, 0.15) is 16.8 Å². The van der Waals surface area contributed by atoms with E-state index < -0.39 is 16.0 Å². The SMILES string of the molecule is COC(=O)c1cccc(N)c1NCCCNS(C)(=O)=O. The molecule has 1 aromatic rings. The van der Waals surface area contributed by atoms with Gasteiger partial charge in [0.25, 0.3) is 0 Å². The van der Waals surface area contributed by atoms with E-state index in [1.807, 2.05) is 0 Å². The maximum Gasteiger partial charge on any atom is 0.340 e. The van der Waals surface area contributed by atoms with Crippen LogP contribution in [0, 0.1) is 0 Å². The lowest BCUT2D eigenvalue weighted by molar-refractivity contribution is 0.0602. The van der Waals surface area contributed by atoms with Gasteiger partial charge in [0.2, 0.25) is 10.0 Å². The quantitative estimate of drug-likeness (QED) is 0.382. The van der Waals surface area contributed by atoms with E-state index >= 15 is 0 Å². The van der Waals surface area contributed by atoms with Gasteiger partial charge in [0.05, 0.1) is 30.3 Å². The average Bonchev–Trinajstić information content (AvgIpc) is 2.37. The highest BCUT2D eigenvalue weighted by molar-refractivity contribution is 7.88. The Labute approximate surface area is 118 Å². The Kier molecular flexibility index (Phi) is 5.78. The molecule has 0 aromatic heterocycles. The number of hydrogen-bond donors (Lipinski definition) is 3. The Morgan fingerprint density at radius 2 is 2.05 bits per heavy atom. The van der Waals surface area contributed by atoms with E-state index in [1.165, 1.54) is 7.11 Å². The molecule has 0 spiro atoms. The van der Waals surface area contributed by atoms with Gasteiger partial charge in [-0.2, -0.15) is 0 Å². The zero-order valence-corrected chi connectivity index (χ0v) is 12.3. The number of carbonyl (C=O) groups is 1. The van der Waals surface area contributed by atoms with Crippen LogP contribution in [0.25, 0.3) is 0 Å². The molecule has 0 aliphatic carbocycles. The molecule has 1 rings (SSSR count). The van der Waals surface area contributed by atoms with E-state index in [0.717, 1.165) is 6.26 Å². The Hall–Kier alpha value is -1.80. The lowest BCUT2D eigenvalue weighted by Gasteiger charge is -2.13. The Morgan fingerprint density at radius 1 is 1.35 bits per heavy atom. The number of nitrogens with one attached hydrogen (secondary N) is 2. The summed E-state index contributed by atoms with van der Waals surface area (Å²) in [5.74, 6) is -0.478. The summed E-state index contributed by atoms with van der Waals surface area (Å²) in [6.45, 7) is 0.785. The summed E-state index contributed by atoms with van der Waals surface area (Å²) in [6.07, 6.45) is 1.66. The van der Waals surface area contributed by atoms with E-state index in [4.69, 9.17) is 5.73 Å². The molecule has 0 fully saturated rings. The minimum Gasteiger partial charge on any atom is -0.465 e. The third-order valence-corrected chi connectivity index (χ3v) is 3.25. The minimum atomic E-state index is -3.18. The van der Waals surface area contributed by atoms with Crippen molar-refractivity contribution in [2.45, 2.75) is 6.42 Å². The number of ether oxygens (including phenoxy) is 1. The van der Waals surface area contributed by atoms with Crippen LogP contribution < -0.4 is 15.8 Å². The zero-order valence-electron chi connectivity index (χ0n) is 11.5. The second-order valence-corrected chi connectivity index (χ2v) is 6.04. The normalized spacial score (nSPS) is 11.1. The number of carbonyl (C=O) groups excluding carboxylic acids is 1. The largest absolute Gasteiger partial charge is 0.465 e. The Bertz CT molecular complexity index is 572. The van der Waals surface area contributed by atoms with Crippen LogP contribution in [0.15, 0.2) is 18.2 Å². The lowest BCUT2D eigenvalue weighted by Crippen LogP contribution is -2.24. The first kappa shape index (κ1) is 16.3. The molecule has 0 saturated carbocycles. The maximum absolute atomic E-state index is 11.6. The van der Waals surface area contributed by atoms with Gasteiger partial charge in [-0.25, -0.2) is 17.9 Å². The number of anilines is 2. The van der Waals surface area contributed by atoms with Gasteiger partial charge in [0.1, 0.15) is 0 Å². The number of nitrogen functional groups attached to an aromatic ring is 1. The molecule has 7 nitrogen and oxygen atoms in total. The summed E-state index contributed by atoms with van der Waals surface area (Å²) in [5, 5.41) is 3.02. The zero-order chi connectivity index (χ0) is 15.2. The molecule has 0 aliphatic rings. The molecule has 0 aliphatic heterocycles. The second-order valence-electron chi connectivity index (χ2n) is 4.21. The molecule has 0 amide bonds. The van der Waals surface area contributed by atoms with E-state index in [2.05, 4.69) is 14.8 Å². The minimum absolute atomic E-state index is 0.312. The van der Waals surface area contributed by atoms with Gasteiger partial charge in [0.15, 0.2) is 0 Å². The van der Waals surface area contributed by atoms with Crippen LogP contribution >= 0.6 is 0 Å². The molecule has 1 aromatic carbocycles. The first-order chi connectivity index (χ1) is 9.35. The first-order valence-corrected chi connectivity index (χ1v) is 7.89. The van der Waals surface area contributed by atoms with Gasteiger partial charge in [-0.05, 0) is 18.6 Å². The lowest BCUT2D eigenvalue weighted by atomic mass is 10.1. The monoisotopic (exact) mass is 301 g/mol. The van der Waals surface area contributed by atoms with E-state index in [9.17, 15) is 13.2 Å². The van der Waals surface area contributed by atoms with Gasteiger partial charge in [-0.15, -0.1) is 0 Å². The highest BCUT2D eigenvalue weighted by Gasteiger charge is 2.13. The van der Waals surface area contributed by atoms with Gasteiger partial charge >= 0.3 is 5.97 Å². The number of rotatable bonds is 7. The molecule has 8 heteroatoms. The molecule has 4 N–H and O–H groups in total. The smallest absolute Gasteiger partial charge is 0.340 e. The molecule has 20 heavy (non-hydrogen) atoms. The van der Waals surface area contributed by atoms with E-state index in [-0.39, 0.29) is 0 Å². The molecule has 0 unspecified atom stereocenters. The molecule has 0 atom stereocenters. The topological polar surface area (TPSA) is 111 Å². The fourth-order valence-electron chi connectivity index (χ4n) is 1.61. The fourth-order valence-corrected chi connectivity index (χ4v) is 2.12. The number of methoxy groups -OCH3 is 1. The number of sulfonamides is 1. The number of hydrogen-bond acceptors (Lipinski definition) is 6. The highest BCUT2D eigenvalue weighted by atomic mass is 32.2. The van der Waals surface area contributed by atoms with Gasteiger partial charge in [-0.1, -0.05) is 6.07 Å². The van der Waals surface area contributed by atoms with Crippen LogP contribution in [0.5, 0.6) is 0 Å². The van der Waals surface area contributed by atoms with E-state index in [1.54, 1.807) is 18.2 Å². The number of benzene rings is 1. The average molecular weight is 301 g/mol. The van der Waals surface area contributed by atoms with Crippen molar-refractivity contribution in [1.82, 2.24) is 4.72 Å². The summed E-state index contributed by atoms with van der Waals surface area (Å²) < 4.78 is 28.8. The first-order valence-electron chi connectivity index (χ1n) is 6.00. The standard InChI is InChI=1S/C12H19N3O4S/c1-19-12(16)9-5-3-6-10(13)11(9)14-7-4-8-15-20(2,17)18/h3,5-6,14-15H,4,7-8,13H2,1-2H3. The van der Waals surface area contributed by atoms with Gasteiger partial charge in [-0.3, -0.25) is 0 Å². The van der Waals surface area contributed by atoms with Crippen molar-refractivity contribution in [2.75, 3.05) is 37.5 Å². The van der Waals surface area contributed by atoms with Crippen LogP contribution in [-0.4, -0.2) is 40.8 Å². The van der Waals surface area contributed by atoms with Crippen LogP contribution in [0.2, 0.25) is 0 Å². The third-order valence-electron chi connectivity index (χ3n) is 2.52. The molecule has 0 bridgehead atoms. The highest BCUT2D eigenvalue weighted by Crippen LogP contribution is 2.23. The van der Waals surface area contributed by atoms with Crippen molar-refractivity contribution in [1.29, 1.82) is 0 Å².